The molecule has 216 valence electrons. The molecule has 0 aliphatic heterocycles. The number of carbonyl (C=O) groups is 1. The fourth-order valence-corrected chi connectivity index (χ4v) is 5.86. The van der Waals surface area contributed by atoms with Gasteiger partial charge in [0.15, 0.2) is 0 Å². The Balaban J connectivity index is 4.16. The van der Waals surface area contributed by atoms with Crippen molar-refractivity contribution in [3.8, 4) is 0 Å². The highest BCUT2D eigenvalue weighted by Gasteiger charge is 2.26. The Hall–Kier alpha value is -0.530. The van der Waals surface area contributed by atoms with Crippen molar-refractivity contribution in [2.24, 2.45) is 11.8 Å². The predicted octanol–water partition coefficient (Wildman–Crippen LogP) is 12.3. The lowest BCUT2D eigenvalue weighted by Gasteiger charge is -2.24. The SMILES string of the molecule is CCCCCCCCCCCCCCC(C(=O)O)C(CCCCCC)CCCCCCCCCCC. The van der Waals surface area contributed by atoms with Gasteiger partial charge in [0.2, 0.25) is 0 Å². The summed E-state index contributed by atoms with van der Waals surface area (Å²) in [6.07, 6.45) is 36.5. The normalized spacial score (nSPS) is 13.2. The molecule has 0 aromatic carbocycles. The number of hydrogen-bond donors (Lipinski definition) is 1. The highest BCUT2D eigenvalue weighted by Crippen LogP contribution is 2.30. The van der Waals surface area contributed by atoms with Gasteiger partial charge in [0.1, 0.15) is 0 Å². The van der Waals surface area contributed by atoms with E-state index in [2.05, 4.69) is 20.8 Å². The van der Waals surface area contributed by atoms with E-state index in [0.717, 1.165) is 25.7 Å². The van der Waals surface area contributed by atoms with Gasteiger partial charge >= 0.3 is 5.97 Å². The molecule has 0 saturated carbocycles. The predicted molar refractivity (Wildman–Crippen MR) is 161 cm³/mol. The molecule has 0 aliphatic carbocycles. The molecule has 0 bridgehead atoms. The van der Waals surface area contributed by atoms with Crippen molar-refractivity contribution in [3.05, 3.63) is 0 Å². The van der Waals surface area contributed by atoms with Crippen molar-refractivity contribution in [2.75, 3.05) is 0 Å². The minimum atomic E-state index is -0.519. The van der Waals surface area contributed by atoms with Crippen LogP contribution in [-0.2, 0) is 4.79 Å². The zero-order valence-electron chi connectivity index (χ0n) is 25.3. The van der Waals surface area contributed by atoms with E-state index in [0.29, 0.717) is 5.92 Å². The third kappa shape index (κ3) is 23.8. The van der Waals surface area contributed by atoms with Crippen molar-refractivity contribution in [3.63, 3.8) is 0 Å². The summed E-state index contributed by atoms with van der Waals surface area (Å²) in [5, 5.41) is 10.1. The van der Waals surface area contributed by atoms with E-state index >= 15 is 0 Å². The second kappa shape index (κ2) is 29.0. The summed E-state index contributed by atoms with van der Waals surface area (Å²) < 4.78 is 0. The van der Waals surface area contributed by atoms with E-state index in [4.69, 9.17) is 0 Å². The van der Waals surface area contributed by atoms with E-state index in [1.54, 1.807) is 0 Å². The van der Waals surface area contributed by atoms with Gasteiger partial charge in [-0.2, -0.15) is 0 Å². The van der Waals surface area contributed by atoms with Gasteiger partial charge in [-0.15, -0.1) is 0 Å². The summed E-state index contributed by atoms with van der Waals surface area (Å²) in [6, 6.07) is 0. The van der Waals surface area contributed by atoms with Crippen molar-refractivity contribution in [2.45, 2.75) is 201 Å². The van der Waals surface area contributed by atoms with Crippen molar-refractivity contribution < 1.29 is 9.90 Å². The molecule has 0 amide bonds. The van der Waals surface area contributed by atoms with Gasteiger partial charge < -0.3 is 5.11 Å². The summed E-state index contributed by atoms with van der Waals surface area (Å²) in [5.74, 6) is -0.227. The minimum Gasteiger partial charge on any atom is -0.481 e. The fraction of sp³-hybridized carbons (Fsp3) is 0.971. The van der Waals surface area contributed by atoms with Crippen LogP contribution in [0.3, 0.4) is 0 Å². The van der Waals surface area contributed by atoms with Gasteiger partial charge in [-0.25, -0.2) is 0 Å². The minimum absolute atomic E-state index is 0.108. The van der Waals surface area contributed by atoms with Crippen LogP contribution in [0.5, 0.6) is 0 Å². The van der Waals surface area contributed by atoms with Crippen LogP contribution in [-0.4, -0.2) is 11.1 Å². The Morgan fingerprint density at radius 3 is 0.972 bits per heavy atom. The third-order valence-corrected chi connectivity index (χ3v) is 8.36. The quantitative estimate of drug-likeness (QED) is 0.0979. The third-order valence-electron chi connectivity index (χ3n) is 8.36. The van der Waals surface area contributed by atoms with Gasteiger partial charge in [-0.05, 0) is 25.2 Å². The highest BCUT2D eigenvalue weighted by molar-refractivity contribution is 5.70. The Kier molecular flexibility index (Phi) is 28.6. The number of hydrogen-bond acceptors (Lipinski definition) is 1. The maximum Gasteiger partial charge on any atom is 0.306 e. The van der Waals surface area contributed by atoms with Gasteiger partial charge in [0.05, 0.1) is 5.92 Å². The largest absolute Gasteiger partial charge is 0.481 e. The van der Waals surface area contributed by atoms with Crippen molar-refractivity contribution >= 4 is 5.97 Å². The second-order valence-electron chi connectivity index (χ2n) is 11.8. The lowest BCUT2D eigenvalue weighted by atomic mass is 9.80. The van der Waals surface area contributed by atoms with Crippen LogP contribution in [0, 0.1) is 11.8 Å². The molecule has 2 heteroatoms. The molecule has 0 saturated heterocycles. The molecular weight excluding hydrogens is 440 g/mol. The summed E-state index contributed by atoms with van der Waals surface area (Å²) in [5.41, 5.74) is 0. The van der Waals surface area contributed by atoms with E-state index in [1.165, 1.54) is 154 Å². The molecule has 0 aromatic rings. The number of rotatable bonds is 30. The van der Waals surface area contributed by atoms with Crippen LogP contribution < -0.4 is 0 Å². The van der Waals surface area contributed by atoms with Crippen molar-refractivity contribution in [1.82, 2.24) is 0 Å². The first-order chi connectivity index (χ1) is 17.7. The highest BCUT2D eigenvalue weighted by atomic mass is 16.4. The molecular formula is C34H68O2. The molecule has 0 radical (unpaired) electrons. The van der Waals surface area contributed by atoms with E-state index in [1.807, 2.05) is 0 Å². The number of aliphatic carboxylic acids is 1. The molecule has 0 aliphatic rings. The Labute approximate surface area is 228 Å². The van der Waals surface area contributed by atoms with Crippen LogP contribution in [0.4, 0.5) is 0 Å². The van der Waals surface area contributed by atoms with E-state index in [-0.39, 0.29) is 5.92 Å². The standard InChI is InChI=1S/C34H68O2/c1-4-7-10-13-15-17-18-19-21-23-25-28-31-33(34(35)36)32(29-26-12-9-6-3)30-27-24-22-20-16-14-11-8-5-2/h32-33H,4-31H2,1-3H3,(H,35,36). The Morgan fingerprint density at radius 2 is 0.667 bits per heavy atom. The molecule has 0 fully saturated rings. The van der Waals surface area contributed by atoms with E-state index < -0.39 is 5.97 Å². The number of carboxylic acids is 1. The van der Waals surface area contributed by atoms with Crippen LogP contribution in [0.1, 0.15) is 201 Å². The molecule has 1 N–H and O–H groups in total. The monoisotopic (exact) mass is 509 g/mol. The van der Waals surface area contributed by atoms with E-state index in [9.17, 15) is 9.90 Å². The molecule has 0 aromatic heterocycles. The van der Waals surface area contributed by atoms with Crippen LogP contribution >= 0.6 is 0 Å². The zero-order valence-corrected chi connectivity index (χ0v) is 25.3. The first-order valence-corrected chi connectivity index (χ1v) is 16.9. The average molecular weight is 509 g/mol. The first kappa shape index (κ1) is 35.5. The summed E-state index contributed by atoms with van der Waals surface area (Å²) in [4.78, 5) is 12.2. The smallest absolute Gasteiger partial charge is 0.306 e. The molecule has 0 rings (SSSR count). The molecule has 2 atom stereocenters. The van der Waals surface area contributed by atoms with Gasteiger partial charge in [0, 0.05) is 0 Å². The second-order valence-corrected chi connectivity index (χ2v) is 11.8. The van der Waals surface area contributed by atoms with Gasteiger partial charge in [0.25, 0.3) is 0 Å². The van der Waals surface area contributed by atoms with Gasteiger partial charge in [-0.3, -0.25) is 4.79 Å². The number of unbranched alkanes of at least 4 members (excludes halogenated alkanes) is 22. The lowest BCUT2D eigenvalue weighted by Crippen LogP contribution is -2.24. The van der Waals surface area contributed by atoms with Crippen LogP contribution in [0.2, 0.25) is 0 Å². The zero-order chi connectivity index (χ0) is 26.5. The lowest BCUT2D eigenvalue weighted by molar-refractivity contribution is -0.144. The summed E-state index contributed by atoms with van der Waals surface area (Å²) in [6.45, 7) is 6.82. The number of carboxylic acid groups (broad SMARTS) is 1. The van der Waals surface area contributed by atoms with Crippen LogP contribution in [0.25, 0.3) is 0 Å². The Morgan fingerprint density at radius 1 is 0.417 bits per heavy atom. The molecule has 2 unspecified atom stereocenters. The molecule has 2 nitrogen and oxygen atoms in total. The molecule has 0 heterocycles. The van der Waals surface area contributed by atoms with Crippen LogP contribution in [0.15, 0.2) is 0 Å². The van der Waals surface area contributed by atoms with Gasteiger partial charge in [-0.1, -0.05) is 181 Å². The topological polar surface area (TPSA) is 37.3 Å². The molecule has 36 heavy (non-hydrogen) atoms. The Bertz CT molecular complexity index is 433. The fourth-order valence-electron chi connectivity index (χ4n) is 5.86. The maximum atomic E-state index is 12.2. The average Bonchev–Trinajstić information content (AvgIpc) is 2.87. The van der Waals surface area contributed by atoms with Crippen molar-refractivity contribution in [1.29, 1.82) is 0 Å². The summed E-state index contributed by atoms with van der Waals surface area (Å²) >= 11 is 0. The molecule has 0 spiro atoms. The summed E-state index contributed by atoms with van der Waals surface area (Å²) in [7, 11) is 0. The maximum absolute atomic E-state index is 12.2. The first-order valence-electron chi connectivity index (χ1n) is 16.9.